The maximum atomic E-state index is 13.6. The minimum Gasteiger partial charge on any atom is -0.497 e. The lowest BCUT2D eigenvalue weighted by Crippen LogP contribution is -2.49. The molecule has 0 radical (unpaired) electrons. The molecule has 0 aliphatic carbocycles. The number of imidazole rings is 1. The molecule has 48 heavy (non-hydrogen) atoms. The first kappa shape index (κ1) is 37.2. The van der Waals surface area contributed by atoms with Gasteiger partial charge in [0, 0.05) is 17.8 Å². The van der Waals surface area contributed by atoms with Crippen molar-refractivity contribution in [3.8, 4) is 23.0 Å². The maximum absolute atomic E-state index is 13.6. The molecule has 2 aromatic heterocycles. The van der Waals surface area contributed by atoms with Crippen LogP contribution < -0.4 is 23.4 Å². The fourth-order valence-electron chi connectivity index (χ4n) is 5.65. The van der Waals surface area contributed by atoms with E-state index in [1.807, 2.05) is 48.7 Å². The third kappa shape index (κ3) is 7.37. The van der Waals surface area contributed by atoms with Gasteiger partial charge in [0.25, 0.3) is 0 Å². The van der Waals surface area contributed by atoms with Crippen LogP contribution in [-0.2, 0) is 15.8 Å². The van der Waals surface area contributed by atoms with Crippen molar-refractivity contribution in [3.05, 3.63) is 76.7 Å². The quantitative estimate of drug-likeness (QED) is 0.0698. The Morgan fingerprint density at radius 3 is 2.23 bits per heavy atom. The Balaban J connectivity index is 2.07. The predicted octanol–water partition coefficient (Wildman–Crippen LogP) is 8.84. The number of amides is 1. The van der Waals surface area contributed by atoms with Crippen LogP contribution >= 0.6 is 11.6 Å². The highest BCUT2D eigenvalue weighted by atomic mass is 35.5. The molecule has 2 heterocycles. The zero-order chi connectivity index (χ0) is 35.4. The third-order valence-electron chi connectivity index (χ3n) is 9.51. The molecule has 4 rings (SSSR count). The highest BCUT2D eigenvalue weighted by Gasteiger charge is 2.44. The van der Waals surface area contributed by atoms with Crippen molar-refractivity contribution in [1.82, 2.24) is 13.9 Å². The van der Waals surface area contributed by atoms with Crippen molar-refractivity contribution in [2.45, 2.75) is 71.8 Å². The third-order valence-corrected chi connectivity index (χ3v) is 14.3. The molecule has 0 bridgehead atoms. The lowest BCUT2D eigenvalue weighted by molar-refractivity contribution is -0.118. The zero-order valence-corrected chi connectivity index (χ0v) is 32.0. The van der Waals surface area contributed by atoms with Crippen LogP contribution in [0, 0.1) is 5.92 Å². The second kappa shape index (κ2) is 14.9. The number of hydrogen-bond acceptors (Lipinski definition) is 7. The Bertz CT molecular complexity index is 1730. The van der Waals surface area contributed by atoms with Gasteiger partial charge >= 0.3 is 6.41 Å². The Morgan fingerprint density at radius 1 is 0.958 bits per heavy atom. The second-order valence-corrected chi connectivity index (χ2v) is 19.2. The lowest BCUT2D eigenvalue weighted by Gasteiger charge is -2.40. The predicted molar refractivity (Wildman–Crippen MR) is 195 cm³/mol. The van der Waals surface area contributed by atoms with Crippen LogP contribution in [0.15, 0.2) is 54.7 Å². The summed E-state index contributed by atoms with van der Waals surface area (Å²) in [4.78, 5) is 18.8. The number of aromatic nitrogens is 2. The molecular weight excluding hydrogens is 646 g/mol. The fraction of sp³-hybridized carbons (Fsp3) is 0.459. The Kier molecular flexibility index (Phi) is 11.6. The summed E-state index contributed by atoms with van der Waals surface area (Å²) in [5, 5.41) is 0.215. The van der Waals surface area contributed by atoms with E-state index in [1.54, 1.807) is 34.5 Å². The molecule has 260 valence electrons. The number of carbonyl (C=O) groups is 1. The molecule has 0 fully saturated rings. The number of benzene rings is 2. The van der Waals surface area contributed by atoms with Crippen molar-refractivity contribution < 1.29 is 28.2 Å². The first-order chi connectivity index (χ1) is 22.7. The summed E-state index contributed by atoms with van der Waals surface area (Å²) in [6.07, 6.45) is 3.12. The van der Waals surface area contributed by atoms with Gasteiger partial charge in [-0.05, 0) is 66.9 Å². The molecule has 0 saturated heterocycles. The van der Waals surface area contributed by atoms with Crippen molar-refractivity contribution in [3.63, 3.8) is 0 Å². The van der Waals surface area contributed by atoms with E-state index < -0.39 is 14.4 Å². The summed E-state index contributed by atoms with van der Waals surface area (Å²) in [6, 6.07) is 15.3. The Hall–Kier alpha value is -3.57. The van der Waals surface area contributed by atoms with Crippen LogP contribution in [-0.4, -0.2) is 59.1 Å². The maximum Gasteiger partial charge on any atom is 0.306 e. The van der Waals surface area contributed by atoms with Crippen LogP contribution in [0.4, 0.5) is 5.69 Å². The van der Waals surface area contributed by atoms with Crippen molar-refractivity contribution in [2.75, 3.05) is 35.0 Å². The van der Waals surface area contributed by atoms with Crippen LogP contribution in [0.25, 0.3) is 5.65 Å². The van der Waals surface area contributed by atoms with Crippen molar-refractivity contribution in [2.24, 2.45) is 5.92 Å². The number of nitrogens with zero attached hydrogens (tertiary/aromatic N) is 3. The zero-order valence-electron chi connectivity index (χ0n) is 30.2. The molecule has 0 aliphatic heterocycles. The van der Waals surface area contributed by atoms with Gasteiger partial charge in [0.15, 0.2) is 25.5 Å². The first-order valence-corrected chi connectivity index (χ1v) is 19.5. The van der Waals surface area contributed by atoms with Crippen LogP contribution in [0.1, 0.15) is 64.1 Å². The SMILES string of the molecule is COc1ccc(OC)c(C(O[Si](C)(C)C(C)(C)C)c2c(C[N+](C=O)(CCC(C)C)c3ccc(OC)c(OC)c3Cl)nc3ccccn23)c1. The first-order valence-electron chi connectivity index (χ1n) is 16.3. The second-order valence-electron chi connectivity index (χ2n) is 14.1. The molecule has 0 saturated carbocycles. The Labute approximate surface area is 291 Å². The molecule has 0 spiro atoms. The highest BCUT2D eigenvalue weighted by molar-refractivity contribution is 6.74. The number of fused-ring (bicyclic) bond motifs is 1. The lowest BCUT2D eigenvalue weighted by atomic mass is 10.0. The summed E-state index contributed by atoms with van der Waals surface area (Å²) in [6.45, 7) is 16.1. The van der Waals surface area contributed by atoms with E-state index in [2.05, 4.69) is 52.1 Å². The molecule has 1 amide bonds. The van der Waals surface area contributed by atoms with Crippen LogP contribution in [0.2, 0.25) is 23.2 Å². The number of quaternary nitrogens is 1. The van der Waals surface area contributed by atoms with Gasteiger partial charge in [-0.3, -0.25) is 0 Å². The molecule has 2 atom stereocenters. The standard InChI is InChI=1S/C37H51ClN3O6Si/c1-25(2)19-21-41(24-42,29-16-18-31(45-8)36(46-9)33(29)38)23-28-34(40-20-13-12-14-32(40)39-28)35(47-48(10,11)37(3,4)5)27-22-26(43-6)15-17-30(27)44-7/h12-18,20,22,24-25,35H,19,21,23H2,1-11H3/q+1. The van der Waals surface area contributed by atoms with E-state index in [0.717, 1.165) is 29.7 Å². The summed E-state index contributed by atoms with van der Waals surface area (Å²) < 4.78 is 32.1. The van der Waals surface area contributed by atoms with Crippen molar-refractivity contribution in [1.29, 1.82) is 0 Å². The van der Waals surface area contributed by atoms with E-state index in [-0.39, 0.29) is 16.1 Å². The smallest absolute Gasteiger partial charge is 0.306 e. The Morgan fingerprint density at radius 2 is 1.65 bits per heavy atom. The number of hydrogen-bond donors (Lipinski definition) is 0. The van der Waals surface area contributed by atoms with Crippen molar-refractivity contribution >= 4 is 37.7 Å². The minimum absolute atomic E-state index is 0.106. The molecule has 0 N–H and O–H groups in total. The number of carbonyl (C=O) groups excluding carboxylic acids is 1. The molecule has 2 aromatic carbocycles. The summed E-state index contributed by atoms with van der Waals surface area (Å²) >= 11 is 7.07. The molecule has 0 aliphatic rings. The minimum atomic E-state index is -2.44. The molecule has 4 aromatic rings. The number of halogens is 1. The fourth-order valence-corrected chi connectivity index (χ4v) is 7.23. The molecule has 11 heteroatoms. The summed E-state index contributed by atoms with van der Waals surface area (Å²) in [7, 11) is 3.97. The number of rotatable bonds is 15. The summed E-state index contributed by atoms with van der Waals surface area (Å²) in [5.74, 6) is 2.53. The van der Waals surface area contributed by atoms with Gasteiger partial charge in [-0.1, -0.05) is 52.3 Å². The van der Waals surface area contributed by atoms with Gasteiger partial charge in [0.05, 0.1) is 40.7 Å². The van der Waals surface area contributed by atoms with E-state index in [9.17, 15) is 4.79 Å². The van der Waals surface area contributed by atoms with E-state index in [1.165, 1.54) is 0 Å². The van der Waals surface area contributed by atoms with E-state index >= 15 is 0 Å². The van der Waals surface area contributed by atoms with Gasteiger partial charge in [-0.15, -0.1) is 0 Å². The largest absolute Gasteiger partial charge is 0.497 e. The van der Waals surface area contributed by atoms with Gasteiger partial charge in [0.1, 0.15) is 40.5 Å². The van der Waals surface area contributed by atoms with Gasteiger partial charge in [-0.25, -0.2) is 14.3 Å². The average molecular weight is 697 g/mol. The van der Waals surface area contributed by atoms with E-state index in [4.69, 9.17) is 40.0 Å². The highest BCUT2D eigenvalue weighted by Crippen LogP contribution is 2.47. The number of methoxy groups -OCH3 is 4. The van der Waals surface area contributed by atoms with E-state index in [0.29, 0.717) is 51.9 Å². The number of ether oxygens (including phenoxy) is 4. The summed E-state index contributed by atoms with van der Waals surface area (Å²) in [5.41, 5.74) is 3.67. The molecular formula is C37H51ClN3O6Si+. The molecule has 2 unspecified atom stereocenters. The van der Waals surface area contributed by atoms with Gasteiger partial charge in [-0.2, -0.15) is 0 Å². The van der Waals surface area contributed by atoms with Crippen LogP contribution in [0.5, 0.6) is 23.0 Å². The van der Waals surface area contributed by atoms with Crippen LogP contribution in [0.3, 0.4) is 0 Å². The normalized spacial score (nSPS) is 14.1. The average Bonchev–Trinajstić information content (AvgIpc) is 3.41. The van der Waals surface area contributed by atoms with Gasteiger partial charge in [0.2, 0.25) is 0 Å². The topological polar surface area (TPSA) is 80.5 Å². The van der Waals surface area contributed by atoms with Gasteiger partial charge < -0.3 is 27.8 Å². The number of pyridine rings is 1. The molecule has 9 nitrogen and oxygen atoms in total. The monoisotopic (exact) mass is 696 g/mol.